The van der Waals surface area contributed by atoms with E-state index in [1.54, 1.807) is 30.7 Å². The van der Waals surface area contributed by atoms with Gasteiger partial charge in [-0.05, 0) is 56.1 Å². The van der Waals surface area contributed by atoms with Crippen molar-refractivity contribution in [2.24, 2.45) is 0 Å². The molecule has 36 heavy (non-hydrogen) atoms. The van der Waals surface area contributed by atoms with Crippen LogP contribution in [0.4, 0.5) is 24.5 Å². The highest BCUT2D eigenvalue weighted by molar-refractivity contribution is 5.92. The Balaban J connectivity index is 1.45. The molecule has 0 aliphatic heterocycles. The molecule has 10 heteroatoms. The van der Waals surface area contributed by atoms with Crippen molar-refractivity contribution in [3.8, 4) is 5.69 Å². The minimum atomic E-state index is -4.55. The molecular weight excluding hydrogens is 469 g/mol. The molecule has 2 aromatic heterocycles. The maximum Gasteiger partial charge on any atom is 0.418 e. The first-order valence-electron chi connectivity index (χ1n) is 11.3. The van der Waals surface area contributed by atoms with Crippen LogP contribution in [-0.2, 0) is 17.4 Å². The minimum Gasteiger partial charge on any atom is -0.373 e. The number of rotatable bonds is 8. The Morgan fingerprint density at radius 1 is 1.03 bits per heavy atom. The predicted octanol–water partition coefficient (Wildman–Crippen LogP) is 4.62. The van der Waals surface area contributed by atoms with Crippen molar-refractivity contribution in [1.29, 1.82) is 0 Å². The summed E-state index contributed by atoms with van der Waals surface area (Å²) < 4.78 is 43.2. The number of aromatic nitrogens is 3. The standard InChI is InChI=1S/C26H27F3N6O/c1-33(2)12-13-34(3)23-9-6-19(15-21(23)26(27,28)29)32-25(36)14-18-4-7-20(8-5-18)35-17-31-22-16-30-11-10-24(22)35/h4-11,15-17H,12-14H2,1-3H3,(H,32,36). The van der Waals surface area contributed by atoms with E-state index in [2.05, 4.69) is 15.3 Å². The Hall–Kier alpha value is -3.92. The van der Waals surface area contributed by atoms with E-state index in [-0.39, 0.29) is 17.8 Å². The van der Waals surface area contributed by atoms with Gasteiger partial charge in [0.15, 0.2) is 0 Å². The number of halogens is 3. The van der Waals surface area contributed by atoms with E-state index in [1.807, 2.05) is 53.9 Å². The van der Waals surface area contributed by atoms with Crippen molar-refractivity contribution in [1.82, 2.24) is 19.4 Å². The summed E-state index contributed by atoms with van der Waals surface area (Å²) in [7, 11) is 5.35. The lowest BCUT2D eigenvalue weighted by molar-refractivity contribution is -0.137. The van der Waals surface area contributed by atoms with Gasteiger partial charge in [0.2, 0.25) is 5.91 Å². The van der Waals surface area contributed by atoms with Crippen molar-refractivity contribution in [2.75, 3.05) is 44.4 Å². The van der Waals surface area contributed by atoms with Crippen LogP contribution in [0.5, 0.6) is 0 Å². The zero-order chi connectivity index (χ0) is 25.9. The molecule has 188 valence electrons. The number of anilines is 2. The van der Waals surface area contributed by atoms with Gasteiger partial charge in [-0.25, -0.2) is 4.98 Å². The molecule has 1 N–H and O–H groups in total. The first-order valence-corrected chi connectivity index (χ1v) is 11.3. The van der Waals surface area contributed by atoms with E-state index in [4.69, 9.17) is 0 Å². The highest BCUT2D eigenvalue weighted by atomic mass is 19.4. The van der Waals surface area contributed by atoms with Gasteiger partial charge in [0.1, 0.15) is 11.8 Å². The summed E-state index contributed by atoms with van der Waals surface area (Å²) >= 11 is 0. The first-order chi connectivity index (χ1) is 17.1. The van der Waals surface area contributed by atoms with Crippen molar-refractivity contribution in [3.05, 3.63) is 78.4 Å². The molecule has 1 amide bonds. The molecule has 2 heterocycles. The second-order valence-electron chi connectivity index (χ2n) is 8.82. The molecule has 0 aliphatic rings. The lowest BCUT2D eigenvalue weighted by atomic mass is 10.1. The fraction of sp³-hybridized carbons (Fsp3) is 0.269. The highest BCUT2D eigenvalue weighted by Gasteiger charge is 2.35. The van der Waals surface area contributed by atoms with Gasteiger partial charge in [-0.15, -0.1) is 0 Å². The molecule has 0 unspecified atom stereocenters. The monoisotopic (exact) mass is 496 g/mol. The topological polar surface area (TPSA) is 66.3 Å². The second kappa shape index (κ2) is 10.4. The zero-order valence-electron chi connectivity index (χ0n) is 20.3. The SMILES string of the molecule is CN(C)CCN(C)c1ccc(NC(=O)Cc2ccc(-n3cnc4cnccc43)cc2)cc1C(F)(F)F. The molecule has 4 rings (SSSR count). The molecule has 2 aromatic carbocycles. The third-order valence-corrected chi connectivity index (χ3v) is 5.81. The number of fused-ring (bicyclic) bond motifs is 1. The maximum atomic E-state index is 13.8. The molecule has 0 fully saturated rings. The van der Waals surface area contributed by atoms with Crippen LogP contribution < -0.4 is 10.2 Å². The predicted molar refractivity (Wildman–Crippen MR) is 134 cm³/mol. The van der Waals surface area contributed by atoms with E-state index in [1.165, 1.54) is 12.1 Å². The molecule has 0 saturated carbocycles. The molecule has 0 radical (unpaired) electrons. The van der Waals surface area contributed by atoms with Gasteiger partial charge >= 0.3 is 6.18 Å². The fourth-order valence-electron chi connectivity index (χ4n) is 3.88. The van der Waals surface area contributed by atoms with Gasteiger partial charge in [0, 0.05) is 43.4 Å². The molecule has 0 aliphatic carbocycles. The summed E-state index contributed by atoms with van der Waals surface area (Å²) in [6, 6.07) is 13.1. The number of pyridine rings is 1. The number of nitrogens with zero attached hydrogens (tertiary/aromatic N) is 5. The van der Waals surface area contributed by atoms with E-state index in [9.17, 15) is 18.0 Å². The first kappa shape index (κ1) is 25.2. The Morgan fingerprint density at radius 3 is 2.47 bits per heavy atom. The highest BCUT2D eigenvalue weighted by Crippen LogP contribution is 2.38. The number of hydrogen-bond donors (Lipinski definition) is 1. The molecule has 7 nitrogen and oxygen atoms in total. The summed E-state index contributed by atoms with van der Waals surface area (Å²) in [4.78, 5) is 24.4. The number of carbonyl (C=O) groups excluding carboxylic acids is 1. The number of benzene rings is 2. The minimum absolute atomic E-state index is 0.0285. The Kier molecular flexibility index (Phi) is 7.25. The number of likely N-dealkylation sites (N-methyl/N-ethyl adjacent to an activating group) is 2. The largest absolute Gasteiger partial charge is 0.418 e. The summed E-state index contributed by atoms with van der Waals surface area (Å²) in [5, 5.41) is 2.60. The van der Waals surface area contributed by atoms with Gasteiger partial charge in [0.25, 0.3) is 0 Å². The van der Waals surface area contributed by atoms with Crippen LogP contribution in [0.25, 0.3) is 16.7 Å². The molecule has 0 saturated heterocycles. The summed E-state index contributed by atoms with van der Waals surface area (Å²) in [5.41, 5.74) is 2.68. The third kappa shape index (κ3) is 5.83. The number of nitrogens with one attached hydrogen (secondary N) is 1. The van der Waals surface area contributed by atoms with E-state index >= 15 is 0 Å². The van der Waals surface area contributed by atoms with Crippen LogP contribution in [-0.4, -0.2) is 59.6 Å². The summed E-state index contributed by atoms with van der Waals surface area (Å²) in [6.45, 7) is 1.04. The molecule has 0 atom stereocenters. The summed E-state index contributed by atoms with van der Waals surface area (Å²) in [5.74, 6) is -0.399. The van der Waals surface area contributed by atoms with Gasteiger partial charge in [-0.1, -0.05) is 12.1 Å². The van der Waals surface area contributed by atoms with E-state index < -0.39 is 17.6 Å². The lowest BCUT2D eigenvalue weighted by Crippen LogP contribution is -2.30. The molecule has 0 spiro atoms. The van der Waals surface area contributed by atoms with Crippen LogP contribution in [0, 0.1) is 0 Å². The van der Waals surface area contributed by atoms with Crippen molar-refractivity contribution < 1.29 is 18.0 Å². The number of hydrogen-bond acceptors (Lipinski definition) is 5. The average Bonchev–Trinajstić information content (AvgIpc) is 3.26. The van der Waals surface area contributed by atoms with Crippen molar-refractivity contribution >= 4 is 28.3 Å². The normalized spacial score (nSPS) is 11.8. The van der Waals surface area contributed by atoms with Crippen LogP contribution in [0.15, 0.2) is 67.3 Å². The smallest absolute Gasteiger partial charge is 0.373 e. The van der Waals surface area contributed by atoms with Gasteiger partial charge in [-0.2, -0.15) is 13.2 Å². The molecule has 0 bridgehead atoms. The van der Waals surface area contributed by atoms with Crippen molar-refractivity contribution in [2.45, 2.75) is 12.6 Å². The maximum absolute atomic E-state index is 13.8. The second-order valence-corrected chi connectivity index (χ2v) is 8.82. The zero-order valence-corrected chi connectivity index (χ0v) is 20.3. The quantitative estimate of drug-likeness (QED) is 0.386. The van der Waals surface area contributed by atoms with Crippen LogP contribution in [0.1, 0.15) is 11.1 Å². The Bertz CT molecular complexity index is 1350. The van der Waals surface area contributed by atoms with Gasteiger partial charge in [0.05, 0.1) is 23.7 Å². The Morgan fingerprint density at radius 2 is 1.78 bits per heavy atom. The van der Waals surface area contributed by atoms with Crippen LogP contribution in [0.3, 0.4) is 0 Å². The Labute approximate surface area is 207 Å². The number of amides is 1. The third-order valence-electron chi connectivity index (χ3n) is 5.81. The summed E-state index contributed by atoms with van der Waals surface area (Å²) in [6.07, 6.45) is 0.557. The van der Waals surface area contributed by atoms with Crippen LogP contribution >= 0.6 is 0 Å². The molecular formula is C26H27F3N6O. The van der Waals surface area contributed by atoms with Gasteiger partial charge < -0.3 is 15.1 Å². The van der Waals surface area contributed by atoms with E-state index in [0.29, 0.717) is 13.1 Å². The number of carbonyl (C=O) groups is 1. The lowest BCUT2D eigenvalue weighted by Gasteiger charge is -2.25. The number of imidazole rings is 1. The fourth-order valence-corrected chi connectivity index (χ4v) is 3.88. The molecule has 4 aromatic rings. The van der Waals surface area contributed by atoms with Gasteiger partial charge in [-0.3, -0.25) is 14.3 Å². The van der Waals surface area contributed by atoms with Crippen LogP contribution in [0.2, 0.25) is 0 Å². The average molecular weight is 497 g/mol. The van der Waals surface area contributed by atoms with E-state index in [0.717, 1.165) is 28.4 Å². The number of alkyl halides is 3. The van der Waals surface area contributed by atoms with Crippen molar-refractivity contribution in [3.63, 3.8) is 0 Å².